The van der Waals surface area contributed by atoms with Crippen molar-refractivity contribution < 1.29 is 8.42 Å². The van der Waals surface area contributed by atoms with E-state index in [1.54, 1.807) is 0 Å². The van der Waals surface area contributed by atoms with Crippen molar-refractivity contribution in [2.24, 2.45) is 5.92 Å². The van der Waals surface area contributed by atoms with Gasteiger partial charge in [0.1, 0.15) is 4.90 Å². The maximum atomic E-state index is 12.2. The van der Waals surface area contributed by atoms with E-state index in [2.05, 4.69) is 4.72 Å². The molecule has 0 amide bonds. The van der Waals surface area contributed by atoms with Crippen LogP contribution in [0.25, 0.3) is 0 Å². The fourth-order valence-electron chi connectivity index (χ4n) is 1.91. The highest BCUT2D eigenvalue weighted by Crippen LogP contribution is 2.31. The number of nitrogens with two attached hydrogens (primary N) is 1. The summed E-state index contributed by atoms with van der Waals surface area (Å²) < 4.78 is 27.0. The lowest BCUT2D eigenvalue weighted by Gasteiger charge is -2.13. The number of anilines is 1. The normalized spacial score (nSPS) is 19.8. The van der Waals surface area contributed by atoms with Crippen LogP contribution in [-0.4, -0.2) is 26.5 Å². The summed E-state index contributed by atoms with van der Waals surface area (Å²) in [5.74, 6) is 2.43. The highest BCUT2D eigenvalue weighted by molar-refractivity contribution is 7.99. The minimum Gasteiger partial charge on any atom is -0.398 e. The van der Waals surface area contributed by atoms with Gasteiger partial charge in [-0.1, -0.05) is 23.2 Å². The minimum absolute atomic E-state index is 0.0401. The van der Waals surface area contributed by atoms with Crippen molar-refractivity contribution in [3.63, 3.8) is 0 Å². The molecular weight excluding hydrogens is 327 g/mol. The zero-order valence-electron chi connectivity index (χ0n) is 10.0. The molecule has 0 aromatic heterocycles. The number of sulfonamides is 1. The van der Waals surface area contributed by atoms with Gasteiger partial charge < -0.3 is 5.73 Å². The summed E-state index contributed by atoms with van der Waals surface area (Å²) >= 11 is 13.5. The Morgan fingerprint density at radius 1 is 1.42 bits per heavy atom. The van der Waals surface area contributed by atoms with Crippen molar-refractivity contribution in [3.8, 4) is 0 Å². The van der Waals surface area contributed by atoms with E-state index in [-0.39, 0.29) is 15.6 Å². The van der Waals surface area contributed by atoms with Crippen LogP contribution in [0.4, 0.5) is 5.69 Å². The van der Waals surface area contributed by atoms with E-state index in [0.29, 0.717) is 17.5 Å². The number of thioether (sulfide) groups is 1. The maximum Gasteiger partial charge on any atom is 0.244 e. The third kappa shape index (κ3) is 3.70. The molecule has 1 aromatic rings. The van der Waals surface area contributed by atoms with Crippen molar-refractivity contribution in [2.45, 2.75) is 11.3 Å². The molecule has 8 heteroatoms. The molecule has 3 N–H and O–H groups in total. The quantitative estimate of drug-likeness (QED) is 0.826. The first-order valence-corrected chi connectivity index (χ1v) is 9.11. The zero-order valence-corrected chi connectivity index (χ0v) is 13.2. The molecular formula is C11H14Cl2N2O2S2. The molecule has 0 spiro atoms. The number of benzene rings is 1. The molecule has 0 radical (unpaired) electrons. The van der Waals surface area contributed by atoms with Crippen LogP contribution < -0.4 is 10.5 Å². The van der Waals surface area contributed by atoms with Crippen LogP contribution in [-0.2, 0) is 10.0 Å². The first-order valence-electron chi connectivity index (χ1n) is 5.72. The van der Waals surface area contributed by atoms with Gasteiger partial charge in [-0.3, -0.25) is 0 Å². The fourth-order valence-corrected chi connectivity index (χ4v) is 5.29. The first kappa shape index (κ1) is 15.3. The van der Waals surface area contributed by atoms with Gasteiger partial charge in [0.25, 0.3) is 0 Å². The van der Waals surface area contributed by atoms with Gasteiger partial charge in [0.05, 0.1) is 10.7 Å². The number of hydrogen-bond donors (Lipinski definition) is 2. The van der Waals surface area contributed by atoms with Gasteiger partial charge in [-0.05, 0) is 36.0 Å². The number of halogens is 2. The summed E-state index contributed by atoms with van der Waals surface area (Å²) in [4.78, 5) is -0.0933. The Hall–Kier alpha value is -0.140. The van der Waals surface area contributed by atoms with Crippen LogP contribution in [0.2, 0.25) is 10.0 Å². The number of hydrogen-bond acceptors (Lipinski definition) is 4. The predicted octanol–water partition coefficient (Wildman–Crippen LogP) is 2.61. The molecule has 1 aliphatic heterocycles. The van der Waals surface area contributed by atoms with Gasteiger partial charge in [0.15, 0.2) is 0 Å². The van der Waals surface area contributed by atoms with Gasteiger partial charge in [-0.25, -0.2) is 13.1 Å². The highest BCUT2D eigenvalue weighted by Gasteiger charge is 2.24. The van der Waals surface area contributed by atoms with Crippen LogP contribution in [0.15, 0.2) is 17.0 Å². The smallest absolute Gasteiger partial charge is 0.244 e. The fraction of sp³-hybridized carbons (Fsp3) is 0.455. The summed E-state index contributed by atoms with van der Waals surface area (Å²) in [6.07, 6.45) is 1.02. The van der Waals surface area contributed by atoms with Crippen LogP contribution in [0.5, 0.6) is 0 Å². The topological polar surface area (TPSA) is 72.2 Å². The van der Waals surface area contributed by atoms with Gasteiger partial charge >= 0.3 is 0 Å². The Morgan fingerprint density at radius 3 is 2.74 bits per heavy atom. The van der Waals surface area contributed by atoms with Crippen LogP contribution in [0, 0.1) is 5.92 Å². The van der Waals surface area contributed by atoms with Gasteiger partial charge in [-0.15, -0.1) is 0 Å². The summed E-state index contributed by atoms with van der Waals surface area (Å²) in [5.41, 5.74) is 5.76. The second kappa shape index (κ2) is 6.10. The van der Waals surface area contributed by atoms with Gasteiger partial charge in [0.2, 0.25) is 10.0 Å². The SMILES string of the molecule is Nc1cc(Cl)cc(Cl)c1S(=O)(=O)NCC1CCSC1. The second-order valence-electron chi connectivity index (χ2n) is 4.39. The van der Waals surface area contributed by atoms with E-state index >= 15 is 0 Å². The Balaban J connectivity index is 2.19. The lowest BCUT2D eigenvalue weighted by molar-refractivity contribution is 0.546. The lowest BCUT2D eigenvalue weighted by atomic mass is 10.1. The van der Waals surface area contributed by atoms with Crippen molar-refractivity contribution in [1.29, 1.82) is 0 Å². The summed E-state index contributed by atoms with van der Waals surface area (Å²) in [7, 11) is -3.70. The number of nitrogens with one attached hydrogen (secondary N) is 1. The average molecular weight is 341 g/mol. The van der Waals surface area contributed by atoms with Crippen LogP contribution in [0.3, 0.4) is 0 Å². The standard InChI is InChI=1S/C11H14Cl2N2O2S2/c12-8-3-9(13)11(10(14)4-8)19(16,17)15-5-7-1-2-18-6-7/h3-4,7,15H,1-2,5-6,14H2. The molecule has 1 unspecified atom stereocenters. The zero-order chi connectivity index (χ0) is 14.0. The largest absolute Gasteiger partial charge is 0.398 e. The Kier molecular flexibility index (Phi) is 4.89. The van der Waals surface area contributed by atoms with E-state index in [1.165, 1.54) is 12.1 Å². The summed E-state index contributed by atoms with van der Waals surface area (Å²) in [5, 5.41) is 0.354. The summed E-state index contributed by atoms with van der Waals surface area (Å²) in [6.45, 7) is 0.410. The minimum atomic E-state index is -3.70. The molecule has 1 aliphatic rings. The van der Waals surface area contributed by atoms with Crippen molar-refractivity contribution in [1.82, 2.24) is 4.72 Å². The summed E-state index contributed by atoms with van der Waals surface area (Å²) in [6, 6.07) is 2.76. The van der Waals surface area contributed by atoms with Crippen molar-refractivity contribution >= 4 is 50.7 Å². The third-order valence-electron chi connectivity index (χ3n) is 2.89. The molecule has 1 saturated heterocycles. The molecule has 2 rings (SSSR count). The van der Waals surface area contributed by atoms with Crippen LogP contribution >= 0.6 is 35.0 Å². The molecule has 1 fully saturated rings. The molecule has 0 aliphatic carbocycles. The lowest BCUT2D eigenvalue weighted by Crippen LogP contribution is -2.30. The van der Waals surface area contributed by atoms with Gasteiger partial charge in [-0.2, -0.15) is 11.8 Å². The van der Waals surface area contributed by atoms with E-state index in [4.69, 9.17) is 28.9 Å². The van der Waals surface area contributed by atoms with Crippen LogP contribution in [0.1, 0.15) is 6.42 Å². The molecule has 0 saturated carbocycles. The number of nitrogen functional groups attached to an aromatic ring is 1. The first-order chi connectivity index (χ1) is 8.90. The van der Waals surface area contributed by atoms with E-state index in [1.807, 2.05) is 11.8 Å². The van der Waals surface area contributed by atoms with Crippen molar-refractivity contribution in [3.05, 3.63) is 22.2 Å². The molecule has 1 aromatic carbocycles. The molecule has 1 heterocycles. The van der Waals surface area contributed by atoms with E-state index in [0.717, 1.165) is 17.9 Å². The molecule has 19 heavy (non-hydrogen) atoms. The predicted molar refractivity (Wildman–Crippen MR) is 81.5 cm³/mol. The monoisotopic (exact) mass is 340 g/mol. The van der Waals surface area contributed by atoms with Crippen molar-refractivity contribution in [2.75, 3.05) is 23.8 Å². The van der Waals surface area contributed by atoms with E-state index in [9.17, 15) is 8.42 Å². The van der Waals surface area contributed by atoms with Gasteiger partial charge in [0, 0.05) is 11.6 Å². The Morgan fingerprint density at radius 2 is 2.16 bits per heavy atom. The Labute approximate surface area is 127 Å². The third-order valence-corrected chi connectivity index (χ3v) is 6.29. The molecule has 1 atom stereocenters. The molecule has 4 nitrogen and oxygen atoms in total. The highest BCUT2D eigenvalue weighted by atomic mass is 35.5. The Bertz CT molecular complexity index is 549. The molecule has 0 bridgehead atoms. The average Bonchev–Trinajstić information content (AvgIpc) is 2.77. The maximum absolute atomic E-state index is 12.2. The van der Waals surface area contributed by atoms with E-state index < -0.39 is 10.0 Å². The number of rotatable bonds is 4. The second-order valence-corrected chi connectivity index (χ2v) is 8.08. The molecule has 106 valence electrons.